The molecule has 5 nitrogen and oxygen atoms in total. The molecule has 2 amide bonds. The van der Waals surface area contributed by atoms with Gasteiger partial charge in [0.1, 0.15) is 11.6 Å². The molecule has 2 fully saturated rings. The summed E-state index contributed by atoms with van der Waals surface area (Å²) < 4.78 is 18.4. The average Bonchev–Trinajstić information content (AvgIpc) is 3.38. The van der Waals surface area contributed by atoms with E-state index in [1.807, 2.05) is 4.90 Å². The molecular formula is C17H24FN3O2. The second kappa shape index (κ2) is 7.64. The molecule has 0 spiro atoms. The van der Waals surface area contributed by atoms with Crippen LogP contribution < -0.4 is 10.1 Å². The first-order chi connectivity index (χ1) is 11.2. The van der Waals surface area contributed by atoms with Gasteiger partial charge in [0.15, 0.2) is 0 Å². The number of amides is 2. The number of rotatable bonds is 6. The standard InChI is InChI=1S/C17H24FN3O2/c18-14-2-6-16(7-3-14)23-13-1-8-20-9-11-21(12-10-20)17(22)19-15-4-5-15/h2-3,6-7,15H,1,4-5,8-13H2,(H,19,22). The average molecular weight is 321 g/mol. The van der Waals surface area contributed by atoms with Crippen molar-refractivity contribution in [1.82, 2.24) is 15.1 Å². The van der Waals surface area contributed by atoms with Gasteiger partial charge in [-0.1, -0.05) is 0 Å². The third-order valence-electron chi connectivity index (χ3n) is 4.27. The third-order valence-corrected chi connectivity index (χ3v) is 4.27. The number of nitrogens with zero attached hydrogens (tertiary/aromatic N) is 2. The summed E-state index contributed by atoms with van der Waals surface area (Å²) in [6.45, 7) is 4.98. The fraction of sp³-hybridized carbons (Fsp3) is 0.588. The quantitative estimate of drug-likeness (QED) is 0.816. The topological polar surface area (TPSA) is 44.8 Å². The van der Waals surface area contributed by atoms with Crippen LogP contribution in [0.15, 0.2) is 24.3 Å². The lowest BCUT2D eigenvalue weighted by Gasteiger charge is -2.34. The van der Waals surface area contributed by atoms with E-state index >= 15 is 0 Å². The Labute approximate surface area is 136 Å². The monoisotopic (exact) mass is 321 g/mol. The highest BCUT2D eigenvalue weighted by Crippen LogP contribution is 2.19. The van der Waals surface area contributed by atoms with E-state index in [1.54, 1.807) is 12.1 Å². The highest BCUT2D eigenvalue weighted by molar-refractivity contribution is 5.75. The number of hydrogen-bond donors (Lipinski definition) is 1. The molecule has 23 heavy (non-hydrogen) atoms. The van der Waals surface area contributed by atoms with E-state index in [9.17, 15) is 9.18 Å². The first kappa shape index (κ1) is 16.1. The molecule has 1 aliphatic heterocycles. The number of ether oxygens (including phenoxy) is 1. The first-order valence-corrected chi connectivity index (χ1v) is 8.37. The maximum Gasteiger partial charge on any atom is 0.317 e. The Balaban J connectivity index is 1.28. The van der Waals surface area contributed by atoms with E-state index < -0.39 is 0 Å². The van der Waals surface area contributed by atoms with Crippen LogP contribution in [-0.2, 0) is 0 Å². The van der Waals surface area contributed by atoms with Crippen molar-refractivity contribution < 1.29 is 13.9 Å². The van der Waals surface area contributed by atoms with Crippen LogP contribution >= 0.6 is 0 Å². The molecule has 1 aliphatic carbocycles. The van der Waals surface area contributed by atoms with Crippen LogP contribution in [0.3, 0.4) is 0 Å². The largest absolute Gasteiger partial charge is 0.494 e. The van der Waals surface area contributed by atoms with Gasteiger partial charge in [-0.3, -0.25) is 4.90 Å². The van der Waals surface area contributed by atoms with E-state index in [0.29, 0.717) is 18.4 Å². The van der Waals surface area contributed by atoms with Crippen molar-refractivity contribution in [2.45, 2.75) is 25.3 Å². The number of carbonyl (C=O) groups excluding carboxylic acids is 1. The molecule has 1 saturated carbocycles. The Morgan fingerprint density at radius 3 is 2.52 bits per heavy atom. The fourth-order valence-electron chi connectivity index (χ4n) is 2.68. The number of benzene rings is 1. The Kier molecular flexibility index (Phi) is 5.33. The number of halogens is 1. The van der Waals surface area contributed by atoms with E-state index in [4.69, 9.17) is 4.74 Å². The van der Waals surface area contributed by atoms with Crippen molar-refractivity contribution >= 4 is 6.03 Å². The second-order valence-electron chi connectivity index (χ2n) is 6.21. The number of piperazine rings is 1. The Bertz CT molecular complexity index is 511. The maximum atomic E-state index is 12.8. The molecule has 3 rings (SSSR count). The number of nitrogens with one attached hydrogen (secondary N) is 1. The van der Waals surface area contributed by atoms with Crippen LogP contribution in [0, 0.1) is 5.82 Å². The smallest absolute Gasteiger partial charge is 0.317 e. The molecule has 1 saturated heterocycles. The molecule has 126 valence electrons. The zero-order chi connectivity index (χ0) is 16.1. The minimum absolute atomic E-state index is 0.0896. The van der Waals surface area contributed by atoms with Crippen LogP contribution in [0.4, 0.5) is 9.18 Å². The molecule has 1 aromatic carbocycles. The predicted molar refractivity (Wildman–Crippen MR) is 86.1 cm³/mol. The summed E-state index contributed by atoms with van der Waals surface area (Å²) in [7, 11) is 0. The van der Waals surface area contributed by atoms with Crippen molar-refractivity contribution in [2.24, 2.45) is 0 Å². The molecule has 1 N–H and O–H groups in total. The zero-order valence-electron chi connectivity index (χ0n) is 13.3. The molecule has 0 bridgehead atoms. The van der Waals surface area contributed by atoms with Crippen LogP contribution in [0.2, 0.25) is 0 Å². The number of hydrogen-bond acceptors (Lipinski definition) is 3. The molecule has 1 aromatic rings. The van der Waals surface area contributed by atoms with E-state index in [1.165, 1.54) is 12.1 Å². The molecule has 0 radical (unpaired) electrons. The van der Waals surface area contributed by atoms with Crippen molar-refractivity contribution in [3.05, 3.63) is 30.1 Å². The SMILES string of the molecule is O=C(NC1CC1)N1CCN(CCCOc2ccc(F)cc2)CC1. The number of carbonyl (C=O) groups is 1. The summed E-state index contributed by atoms with van der Waals surface area (Å²) in [5, 5.41) is 3.03. The van der Waals surface area contributed by atoms with Gasteiger partial charge < -0.3 is 15.0 Å². The summed E-state index contributed by atoms with van der Waals surface area (Å²) in [5.74, 6) is 0.453. The summed E-state index contributed by atoms with van der Waals surface area (Å²) in [5.41, 5.74) is 0. The van der Waals surface area contributed by atoms with Gasteiger partial charge >= 0.3 is 6.03 Å². The fourth-order valence-corrected chi connectivity index (χ4v) is 2.68. The van der Waals surface area contributed by atoms with Gasteiger partial charge in [0, 0.05) is 38.8 Å². The summed E-state index contributed by atoms with van der Waals surface area (Å²) in [6.07, 6.45) is 3.17. The zero-order valence-corrected chi connectivity index (χ0v) is 13.3. The van der Waals surface area contributed by atoms with Crippen molar-refractivity contribution in [2.75, 3.05) is 39.3 Å². The molecule has 6 heteroatoms. The lowest BCUT2D eigenvalue weighted by molar-refractivity contribution is 0.134. The Morgan fingerprint density at radius 2 is 1.87 bits per heavy atom. The second-order valence-corrected chi connectivity index (χ2v) is 6.21. The van der Waals surface area contributed by atoms with Crippen LogP contribution in [0.1, 0.15) is 19.3 Å². The highest BCUT2D eigenvalue weighted by Gasteiger charge is 2.27. The van der Waals surface area contributed by atoms with Crippen molar-refractivity contribution in [3.8, 4) is 5.75 Å². The number of urea groups is 1. The van der Waals surface area contributed by atoms with Gasteiger partial charge in [0.05, 0.1) is 6.61 Å². The predicted octanol–water partition coefficient (Wildman–Crippen LogP) is 2.08. The molecule has 0 unspecified atom stereocenters. The molecular weight excluding hydrogens is 297 g/mol. The van der Waals surface area contributed by atoms with Gasteiger partial charge in [-0.15, -0.1) is 0 Å². The summed E-state index contributed by atoms with van der Waals surface area (Å²) >= 11 is 0. The molecule has 0 atom stereocenters. The van der Waals surface area contributed by atoms with Crippen molar-refractivity contribution in [3.63, 3.8) is 0 Å². The van der Waals surface area contributed by atoms with E-state index in [2.05, 4.69) is 10.2 Å². The lowest BCUT2D eigenvalue weighted by atomic mass is 10.3. The normalized spacial score (nSPS) is 18.7. The van der Waals surface area contributed by atoms with E-state index in [-0.39, 0.29) is 11.8 Å². The third kappa shape index (κ3) is 5.10. The van der Waals surface area contributed by atoms with Crippen LogP contribution in [0.5, 0.6) is 5.75 Å². The first-order valence-electron chi connectivity index (χ1n) is 8.37. The van der Waals surface area contributed by atoms with Gasteiger partial charge in [-0.2, -0.15) is 0 Å². The summed E-state index contributed by atoms with van der Waals surface area (Å²) in [6, 6.07) is 6.61. The molecule has 2 aliphatic rings. The van der Waals surface area contributed by atoms with Crippen LogP contribution in [-0.4, -0.2) is 61.2 Å². The van der Waals surface area contributed by atoms with Crippen molar-refractivity contribution in [1.29, 1.82) is 0 Å². The van der Waals surface area contributed by atoms with Gasteiger partial charge in [0.25, 0.3) is 0 Å². The summed E-state index contributed by atoms with van der Waals surface area (Å²) in [4.78, 5) is 16.2. The minimum atomic E-state index is -0.249. The minimum Gasteiger partial charge on any atom is -0.494 e. The lowest BCUT2D eigenvalue weighted by Crippen LogP contribution is -2.52. The Morgan fingerprint density at radius 1 is 1.17 bits per heavy atom. The Hall–Kier alpha value is -1.82. The van der Waals surface area contributed by atoms with Crippen LogP contribution in [0.25, 0.3) is 0 Å². The molecule has 1 heterocycles. The highest BCUT2D eigenvalue weighted by atomic mass is 19.1. The maximum absolute atomic E-state index is 12.8. The van der Waals surface area contributed by atoms with Gasteiger partial charge in [0.2, 0.25) is 0 Å². The molecule has 0 aromatic heterocycles. The van der Waals surface area contributed by atoms with E-state index in [0.717, 1.165) is 52.0 Å². The van der Waals surface area contributed by atoms with Gasteiger partial charge in [-0.05, 0) is 43.5 Å². The van der Waals surface area contributed by atoms with Gasteiger partial charge in [-0.25, -0.2) is 9.18 Å².